The fourth-order valence-corrected chi connectivity index (χ4v) is 2.24. The van der Waals surface area contributed by atoms with Gasteiger partial charge in [0.2, 0.25) is 0 Å². The average molecular weight is 250 g/mol. The van der Waals surface area contributed by atoms with Gasteiger partial charge in [-0.15, -0.1) is 0 Å². The first-order chi connectivity index (χ1) is 8.52. The van der Waals surface area contributed by atoms with Crippen molar-refractivity contribution in [1.29, 1.82) is 0 Å². The van der Waals surface area contributed by atoms with E-state index in [1.807, 2.05) is 11.9 Å². The highest BCUT2D eigenvalue weighted by atomic mass is 16.6. The molecule has 0 bridgehead atoms. The highest BCUT2D eigenvalue weighted by Crippen LogP contribution is 2.39. The standard InChI is InChI=1S/C13H18N2O3/c1-9-5-11(9)7-14(2)12-4-3-10(8-16)6-13(12)15(17)18/h3-4,6,9,11,16H,5,7-8H2,1-2H3. The molecule has 1 aromatic rings. The van der Waals surface area contributed by atoms with E-state index in [1.54, 1.807) is 12.1 Å². The monoisotopic (exact) mass is 250 g/mol. The molecular weight excluding hydrogens is 232 g/mol. The zero-order chi connectivity index (χ0) is 13.3. The fraction of sp³-hybridized carbons (Fsp3) is 0.538. The highest BCUT2D eigenvalue weighted by Gasteiger charge is 2.34. The van der Waals surface area contributed by atoms with E-state index in [1.165, 1.54) is 12.5 Å². The normalized spacial score (nSPS) is 21.7. The van der Waals surface area contributed by atoms with Crippen LogP contribution >= 0.6 is 0 Å². The van der Waals surface area contributed by atoms with E-state index >= 15 is 0 Å². The quantitative estimate of drug-likeness (QED) is 0.642. The third-order valence-electron chi connectivity index (χ3n) is 3.61. The number of nitrogens with zero attached hydrogens (tertiary/aromatic N) is 2. The third kappa shape index (κ3) is 2.61. The Bertz CT molecular complexity index is 462. The number of aliphatic hydroxyl groups is 1. The lowest BCUT2D eigenvalue weighted by atomic mass is 10.1. The lowest BCUT2D eigenvalue weighted by molar-refractivity contribution is -0.384. The van der Waals surface area contributed by atoms with E-state index in [0.717, 1.165) is 12.5 Å². The first kappa shape index (κ1) is 12.8. The molecule has 2 unspecified atom stereocenters. The fourth-order valence-electron chi connectivity index (χ4n) is 2.24. The second-order valence-electron chi connectivity index (χ2n) is 5.09. The minimum absolute atomic E-state index is 0.0670. The molecule has 5 nitrogen and oxygen atoms in total. The van der Waals surface area contributed by atoms with Gasteiger partial charge in [-0.3, -0.25) is 10.1 Å². The minimum Gasteiger partial charge on any atom is -0.392 e. The van der Waals surface area contributed by atoms with Crippen LogP contribution in [0, 0.1) is 22.0 Å². The van der Waals surface area contributed by atoms with Crippen molar-refractivity contribution in [2.24, 2.45) is 11.8 Å². The van der Waals surface area contributed by atoms with E-state index < -0.39 is 0 Å². The number of aliphatic hydroxyl groups excluding tert-OH is 1. The number of rotatable bonds is 5. The Morgan fingerprint density at radius 1 is 1.56 bits per heavy atom. The smallest absolute Gasteiger partial charge is 0.292 e. The molecule has 1 N–H and O–H groups in total. The lowest BCUT2D eigenvalue weighted by Crippen LogP contribution is -2.21. The molecule has 1 aliphatic rings. The predicted molar refractivity (Wildman–Crippen MR) is 69.6 cm³/mol. The maximum atomic E-state index is 11.1. The molecule has 0 amide bonds. The van der Waals surface area contributed by atoms with Crippen LogP contribution in [-0.2, 0) is 6.61 Å². The van der Waals surface area contributed by atoms with Crippen molar-refractivity contribution >= 4 is 11.4 Å². The van der Waals surface area contributed by atoms with Gasteiger partial charge in [-0.05, 0) is 29.9 Å². The zero-order valence-electron chi connectivity index (χ0n) is 10.7. The highest BCUT2D eigenvalue weighted by molar-refractivity contribution is 5.64. The molecule has 0 radical (unpaired) electrons. The molecule has 0 aromatic heterocycles. The average Bonchev–Trinajstić information content (AvgIpc) is 3.03. The first-order valence-electron chi connectivity index (χ1n) is 6.12. The molecule has 0 aliphatic heterocycles. The number of anilines is 1. The van der Waals surface area contributed by atoms with Crippen LogP contribution in [-0.4, -0.2) is 23.6 Å². The van der Waals surface area contributed by atoms with Crippen LogP contribution in [0.15, 0.2) is 18.2 Å². The summed E-state index contributed by atoms with van der Waals surface area (Å²) in [5, 5.41) is 20.1. The maximum absolute atomic E-state index is 11.1. The molecule has 1 aromatic carbocycles. The minimum atomic E-state index is -0.388. The predicted octanol–water partition coefficient (Wildman–Crippen LogP) is 2.18. The van der Waals surface area contributed by atoms with Gasteiger partial charge >= 0.3 is 0 Å². The van der Waals surface area contributed by atoms with Crippen LogP contribution in [0.4, 0.5) is 11.4 Å². The zero-order valence-corrected chi connectivity index (χ0v) is 10.7. The van der Waals surface area contributed by atoms with Crippen molar-refractivity contribution in [3.8, 4) is 0 Å². The molecule has 1 fully saturated rings. The van der Waals surface area contributed by atoms with Crippen LogP contribution in [0.5, 0.6) is 0 Å². The van der Waals surface area contributed by atoms with Gasteiger partial charge < -0.3 is 10.0 Å². The topological polar surface area (TPSA) is 66.6 Å². The van der Waals surface area contributed by atoms with Crippen molar-refractivity contribution in [2.75, 3.05) is 18.5 Å². The van der Waals surface area contributed by atoms with Crippen molar-refractivity contribution in [3.05, 3.63) is 33.9 Å². The molecule has 0 spiro atoms. The Kier molecular flexibility index (Phi) is 3.52. The molecule has 5 heteroatoms. The third-order valence-corrected chi connectivity index (χ3v) is 3.61. The summed E-state index contributed by atoms with van der Waals surface area (Å²) in [6, 6.07) is 4.90. The molecular formula is C13H18N2O3. The lowest BCUT2D eigenvalue weighted by Gasteiger charge is -2.19. The van der Waals surface area contributed by atoms with Gasteiger partial charge in [0.05, 0.1) is 11.5 Å². The van der Waals surface area contributed by atoms with E-state index in [4.69, 9.17) is 5.11 Å². The van der Waals surface area contributed by atoms with Crippen LogP contribution in [0.2, 0.25) is 0 Å². The molecule has 1 saturated carbocycles. The van der Waals surface area contributed by atoms with E-state index in [2.05, 4.69) is 6.92 Å². The summed E-state index contributed by atoms with van der Waals surface area (Å²) in [4.78, 5) is 12.6. The number of hydrogen-bond donors (Lipinski definition) is 1. The molecule has 2 atom stereocenters. The van der Waals surface area contributed by atoms with Crippen LogP contribution < -0.4 is 4.90 Å². The SMILES string of the molecule is CC1CC1CN(C)c1ccc(CO)cc1[N+](=O)[O-]. The molecule has 1 aliphatic carbocycles. The van der Waals surface area contributed by atoms with Crippen molar-refractivity contribution < 1.29 is 10.0 Å². The summed E-state index contributed by atoms with van der Waals surface area (Å²) < 4.78 is 0. The summed E-state index contributed by atoms with van der Waals surface area (Å²) in [7, 11) is 1.88. The van der Waals surface area contributed by atoms with Gasteiger partial charge in [0.25, 0.3) is 5.69 Å². The van der Waals surface area contributed by atoms with Crippen molar-refractivity contribution in [3.63, 3.8) is 0 Å². The van der Waals surface area contributed by atoms with Gasteiger partial charge in [-0.2, -0.15) is 0 Å². The van der Waals surface area contributed by atoms with Gasteiger partial charge in [-0.25, -0.2) is 0 Å². The molecule has 0 saturated heterocycles. The first-order valence-corrected chi connectivity index (χ1v) is 6.12. The summed E-state index contributed by atoms with van der Waals surface area (Å²) in [6.07, 6.45) is 1.20. The van der Waals surface area contributed by atoms with Crippen LogP contribution in [0.1, 0.15) is 18.9 Å². The number of hydrogen-bond acceptors (Lipinski definition) is 4. The van der Waals surface area contributed by atoms with Gasteiger partial charge in [-0.1, -0.05) is 13.0 Å². The van der Waals surface area contributed by atoms with Crippen molar-refractivity contribution in [2.45, 2.75) is 20.0 Å². The Balaban J connectivity index is 2.22. The Labute approximate surface area is 106 Å². The maximum Gasteiger partial charge on any atom is 0.292 e. The van der Waals surface area contributed by atoms with Crippen LogP contribution in [0.25, 0.3) is 0 Å². The van der Waals surface area contributed by atoms with Gasteiger partial charge in [0, 0.05) is 19.7 Å². The van der Waals surface area contributed by atoms with E-state index in [9.17, 15) is 10.1 Å². The molecule has 0 heterocycles. The van der Waals surface area contributed by atoms with E-state index in [-0.39, 0.29) is 17.2 Å². The van der Waals surface area contributed by atoms with Gasteiger partial charge in [0.15, 0.2) is 0 Å². The number of benzene rings is 1. The largest absolute Gasteiger partial charge is 0.392 e. The molecule has 98 valence electrons. The second kappa shape index (κ2) is 4.94. The summed E-state index contributed by atoms with van der Waals surface area (Å²) in [6.45, 7) is 2.87. The van der Waals surface area contributed by atoms with Gasteiger partial charge in [0.1, 0.15) is 5.69 Å². The number of nitro benzene ring substituents is 1. The summed E-state index contributed by atoms with van der Waals surface area (Å²) in [5.74, 6) is 1.37. The Hall–Kier alpha value is -1.62. The molecule has 18 heavy (non-hydrogen) atoms. The summed E-state index contributed by atoms with van der Waals surface area (Å²) in [5.41, 5.74) is 1.26. The van der Waals surface area contributed by atoms with Crippen LogP contribution in [0.3, 0.4) is 0 Å². The number of nitro groups is 1. The second-order valence-corrected chi connectivity index (χ2v) is 5.09. The van der Waals surface area contributed by atoms with Crippen molar-refractivity contribution in [1.82, 2.24) is 0 Å². The molecule has 2 rings (SSSR count). The Morgan fingerprint density at radius 3 is 2.72 bits per heavy atom. The Morgan fingerprint density at radius 2 is 2.22 bits per heavy atom. The summed E-state index contributed by atoms with van der Waals surface area (Å²) >= 11 is 0. The van der Waals surface area contributed by atoms with E-state index in [0.29, 0.717) is 17.2 Å².